The third kappa shape index (κ3) is 2.96. The number of carbonyl (C=O) groups is 1. The van der Waals surface area contributed by atoms with E-state index in [1.807, 2.05) is 0 Å². The van der Waals surface area contributed by atoms with Crippen molar-refractivity contribution >= 4 is 5.78 Å². The fourth-order valence-corrected chi connectivity index (χ4v) is 1.63. The molecule has 0 bridgehead atoms. The van der Waals surface area contributed by atoms with Crippen molar-refractivity contribution in [2.75, 3.05) is 0 Å². The molecule has 1 aromatic heterocycles. The molecule has 0 unspecified atom stereocenters. The minimum atomic E-state index is -4.54. The summed E-state index contributed by atoms with van der Waals surface area (Å²) in [7, 11) is 0. The van der Waals surface area contributed by atoms with Gasteiger partial charge in [-0.05, 0) is 31.2 Å². The standard InChI is InChI=1S/C14H10F3NO2/c1-9(19)10-5-4-8-18-13(10)20-12-7-3-2-6-11(12)14(15,16)17/h2-8H,1H3. The monoisotopic (exact) mass is 281 g/mol. The number of Topliss-reactive ketones (excluding diaryl/α,β-unsaturated/α-hetero) is 1. The largest absolute Gasteiger partial charge is 0.438 e. The molecule has 0 fully saturated rings. The van der Waals surface area contributed by atoms with Crippen molar-refractivity contribution in [3.63, 3.8) is 0 Å². The first-order valence-corrected chi connectivity index (χ1v) is 5.69. The summed E-state index contributed by atoms with van der Waals surface area (Å²) in [5.74, 6) is -0.865. The van der Waals surface area contributed by atoms with Gasteiger partial charge in [0.05, 0.1) is 11.1 Å². The third-order valence-electron chi connectivity index (χ3n) is 2.55. The van der Waals surface area contributed by atoms with Crippen molar-refractivity contribution in [3.8, 4) is 11.6 Å². The lowest BCUT2D eigenvalue weighted by Gasteiger charge is -2.13. The molecule has 0 aliphatic heterocycles. The second kappa shape index (κ2) is 5.32. The van der Waals surface area contributed by atoms with E-state index in [1.165, 1.54) is 43.5 Å². The average molecular weight is 281 g/mol. The van der Waals surface area contributed by atoms with Gasteiger partial charge in [-0.25, -0.2) is 4.98 Å². The van der Waals surface area contributed by atoms with Crippen LogP contribution in [-0.2, 0) is 6.18 Å². The summed E-state index contributed by atoms with van der Waals surface area (Å²) in [5.41, 5.74) is -0.787. The first-order valence-electron chi connectivity index (χ1n) is 5.69. The Morgan fingerprint density at radius 2 is 1.85 bits per heavy atom. The van der Waals surface area contributed by atoms with Crippen LogP contribution in [0, 0.1) is 0 Å². The molecule has 1 heterocycles. The smallest absolute Gasteiger partial charge is 0.419 e. The lowest BCUT2D eigenvalue weighted by molar-refractivity contribution is -0.138. The van der Waals surface area contributed by atoms with Crippen LogP contribution < -0.4 is 4.74 Å². The van der Waals surface area contributed by atoms with E-state index in [0.717, 1.165) is 6.07 Å². The van der Waals surface area contributed by atoms with Crippen LogP contribution in [0.3, 0.4) is 0 Å². The lowest BCUT2D eigenvalue weighted by Crippen LogP contribution is -2.08. The molecule has 0 spiro atoms. The second-order valence-electron chi connectivity index (χ2n) is 4.01. The van der Waals surface area contributed by atoms with Crippen molar-refractivity contribution in [1.29, 1.82) is 0 Å². The molecule has 2 rings (SSSR count). The average Bonchev–Trinajstić information content (AvgIpc) is 2.38. The first kappa shape index (κ1) is 14.0. The summed E-state index contributed by atoms with van der Waals surface area (Å²) >= 11 is 0. The molecule has 2 aromatic rings. The number of aromatic nitrogens is 1. The molecule has 6 heteroatoms. The Balaban J connectivity index is 2.44. The Morgan fingerprint density at radius 3 is 2.50 bits per heavy atom. The summed E-state index contributed by atoms with van der Waals surface area (Å²) in [4.78, 5) is 15.2. The van der Waals surface area contributed by atoms with Crippen LogP contribution in [0.5, 0.6) is 11.6 Å². The van der Waals surface area contributed by atoms with Crippen LogP contribution in [0.4, 0.5) is 13.2 Å². The number of carbonyl (C=O) groups excluding carboxylic acids is 1. The maximum Gasteiger partial charge on any atom is 0.419 e. The number of benzene rings is 1. The first-order chi connectivity index (χ1) is 9.39. The molecule has 0 amide bonds. The number of halogens is 3. The zero-order valence-electron chi connectivity index (χ0n) is 10.4. The Labute approximate surface area is 113 Å². The molecule has 0 N–H and O–H groups in total. The van der Waals surface area contributed by atoms with Crippen LogP contribution in [0.25, 0.3) is 0 Å². The van der Waals surface area contributed by atoms with Crippen LogP contribution in [0.2, 0.25) is 0 Å². The lowest BCUT2D eigenvalue weighted by atomic mass is 10.2. The molecular formula is C14H10F3NO2. The van der Waals surface area contributed by atoms with Crippen LogP contribution >= 0.6 is 0 Å². The minimum absolute atomic E-state index is 0.129. The van der Waals surface area contributed by atoms with E-state index in [4.69, 9.17) is 4.74 Å². The maximum atomic E-state index is 12.8. The minimum Gasteiger partial charge on any atom is -0.438 e. The molecule has 0 aliphatic rings. The van der Waals surface area contributed by atoms with Crippen molar-refractivity contribution in [2.45, 2.75) is 13.1 Å². The number of ether oxygens (including phenoxy) is 1. The normalized spacial score (nSPS) is 11.2. The third-order valence-corrected chi connectivity index (χ3v) is 2.55. The van der Waals surface area contributed by atoms with E-state index >= 15 is 0 Å². The fraction of sp³-hybridized carbons (Fsp3) is 0.143. The van der Waals surface area contributed by atoms with Crippen molar-refractivity contribution in [3.05, 3.63) is 53.7 Å². The number of ketones is 1. The van der Waals surface area contributed by atoms with E-state index in [-0.39, 0.29) is 23.0 Å². The number of hydrogen-bond acceptors (Lipinski definition) is 3. The van der Waals surface area contributed by atoms with E-state index in [2.05, 4.69) is 4.98 Å². The molecule has 0 saturated carbocycles. The predicted octanol–water partition coefficient (Wildman–Crippen LogP) is 4.10. The Kier molecular flexibility index (Phi) is 3.74. The highest BCUT2D eigenvalue weighted by molar-refractivity contribution is 5.96. The number of pyridine rings is 1. The summed E-state index contributed by atoms with van der Waals surface area (Å²) in [6.45, 7) is 1.29. The molecule has 20 heavy (non-hydrogen) atoms. The number of alkyl halides is 3. The molecule has 0 aliphatic carbocycles. The Bertz CT molecular complexity index is 638. The summed E-state index contributed by atoms with van der Waals surface area (Å²) in [6, 6.07) is 7.73. The molecule has 104 valence electrons. The second-order valence-corrected chi connectivity index (χ2v) is 4.01. The Hall–Kier alpha value is -2.37. The topological polar surface area (TPSA) is 39.2 Å². The van der Waals surface area contributed by atoms with Gasteiger partial charge in [-0.15, -0.1) is 0 Å². The zero-order chi connectivity index (χ0) is 14.8. The quantitative estimate of drug-likeness (QED) is 0.795. The van der Waals surface area contributed by atoms with Crippen molar-refractivity contribution in [2.24, 2.45) is 0 Å². The highest BCUT2D eigenvalue weighted by Crippen LogP contribution is 2.38. The fourth-order valence-electron chi connectivity index (χ4n) is 1.63. The molecule has 0 saturated heterocycles. The van der Waals surface area contributed by atoms with Crippen molar-refractivity contribution < 1.29 is 22.7 Å². The number of para-hydroxylation sites is 1. The number of rotatable bonds is 3. The molecule has 0 atom stereocenters. The van der Waals surface area contributed by atoms with Gasteiger partial charge in [0.1, 0.15) is 5.75 Å². The SMILES string of the molecule is CC(=O)c1cccnc1Oc1ccccc1C(F)(F)F. The Morgan fingerprint density at radius 1 is 1.15 bits per heavy atom. The summed E-state index contributed by atoms with van der Waals surface area (Å²) in [5, 5.41) is 0. The van der Waals surface area contributed by atoms with Gasteiger partial charge in [0, 0.05) is 6.20 Å². The van der Waals surface area contributed by atoms with Gasteiger partial charge in [-0.2, -0.15) is 13.2 Å². The highest BCUT2D eigenvalue weighted by atomic mass is 19.4. The molecule has 3 nitrogen and oxygen atoms in total. The number of hydrogen-bond donors (Lipinski definition) is 0. The molecular weight excluding hydrogens is 271 g/mol. The van der Waals surface area contributed by atoms with Gasteiger partial charge in [-0.1, -0.05) is 12.1 Å². The maximum absolute atomic E-state index is 12.8. The van der Waals surface area contributed by atoms with Crippen LogP contribution in [0.1, 0.15) is 22.8 Å². The van der Waals surface area contributed by atoms with E-state index in [1.54, 1.807) is 0 Å². The van der Waals surface area contributed by atoms with Crippen LogP contribution in [-0.4, -0.2) is 10.8 Å². The summed E-state index contributed by atoms with van der Waals surface area (Å²) < 4.78 is 43.7. The van der Waals surface area contributed by atoms with Gasteiger partial charge in [0.2, 0.25) is 5.88 Å². The van der Waals surface area contributed by atoms with Crippen molar-refractivity contribution in [1.82, 2.24) is 4.98 Å². The van der Waals surface area contributed by atoms with Gasteiger partial charge in [0.25, 0.3) is 0 Å². The van der Waals surface area contributed by atoms with Gasteiger partial charge >= 0.3 is 6.18 Å². The number of nitrogens with zero attached hydrogens (tertiary/aromatic N) is 1. The predicted molar refractivity (Wildman–Crippen MR) is 65.8 cm³/mol. The molecule has 0 radical (unpaired) electrons. The van der Waals surface area contributed by atoms with E-state index in [9.17, 15) is 18.0 Å². The molecule has 1 aromatic carbocycles. The van der Waals surface area contributed by atoms with E-state index in [0.29, 0.717) is 0 Å². The zero-order valence-corrected chi connectivity index (χ0v) is 10.4. The van der Waals surface area contributed by atoms with E-state index < -0.39 is 11.7 Å². The van der Waals surface area contributed by atoms with Crippen LogP contribution in [0.15, 0.2) is 42.6 Å². The van der Waals surface area contributed by atoms with Gasteiger partial charge < -0.3 is 4.74 Å². The van der Waals surface area contributed by atoms with Gasteiger partial charge in [0.15, 0.2) is 5.78 Å². The highest BCUT2D eigenvalue weighted by Gasteiger charge is 2.34. The summed E-state index contributed by atoms with van der Waals surface area (Å²) in [6.07, 6.45) is -3.19. The van der Waals surface area contributed by atoms with Gasteiger partial charge in [-0.3, -0.25) is 4.79 Å².